The molecule has 4 aromatic carbocycles. The summed E-state index contributed by atoms with van der Waals surface area (Å²) >= 11 is 0. The van der Waals surface area contributed by atoms with Crippen molar-refractivity contribution in [3.05, 3.63) is 118 Å². The number of alkyl halides is 3. The van der Waals surface area contributed by atoms with E-state index in [1.165, 1.54) is 23.3 Å². The van der Waals surface area contributed by atoms with Gasteiger partial charge in [-0.25, -0.2) is 0 Å². The molecule has 7 nitrogen and oxygen atoms in total. The van der Waals surface area contributed by atoms with Crippen LogP contribution in [0.2, 0.25) is 0 Å². The molecular formula is C34H33F3NO6S+. The first-order valence-corrected chi connectivity index (χ1v) is 15.9. The van der Waals surface area contributed by atoms with E-state index in [0.717, 1.165) is 41.0 Å². The van der Waals surface area contributed by atoms with E-state index in [2.05, 4.69) is 16.3 Å². The largest absolute Gasteiger partial charge is 0.534 e. The zero-order chi connectivity index (χ0) is 31.8. The van der Waals surface area contributed by atoms with Gasteiger partial charge in [-0.15, -0.1) is 0 Å². The first-order chi connectivity index (χ1) is 21.5. The van der Waals surface area contributed by atoms with Gasteiger partial charge in [-0.1, -0.05) is 42.5 Å². The third-order valence-corrected chi connectivity index (χ3v) is 9.73. The second-order valence-corrected chi connectivity index (χ2v) is 13.0. The number of ether oxygens (including phenoxy) is 3. The molecule has 0 spiro atoms. The van der Waals surface area contributed by atoms with Gasteiger partial charge in [0.05, 0.1) is 20.8 Å². The average molecular weight is 641 g/mol. The Morgan fingerprint density at radius 3 is 2.22 bits per heavy atom. The molecule has 236 valence electrons. The number of halogens is 3. The maximum atomic E-state index is 12.9. The standard InChI is InChI=1S/C34H33F3NO6S/c1-41-32-17-25-15-16-38(20-23-11-13-27(14-12-23)44-45(39,40)34(35,36)37)21-26-9-6-10-31(43-22-24-7-4-3-5-8-24)29(26)18-30(38)28(25)19-33(32)42-2/h3-14,17,19,30H,15-16,18,20-22H2,1-2H3/q+1/t30-,38+/m0/s1. The predicted molar refractivity (Wildman–Crippen MR) is 161 cm³/mol. The lowest BCUT2D eigenvalue weighted by molar-refractivity contribution is -0.985. The van der Waals surface area contributed by atoms with Crippen LogP contribution in [0.3, 0.4) is 0 Å². The summed E-state index contributed by atoms with van der Waals surface area (Å²) in [6.07, 6.45) is 1.49. The van der Waals surface area contributed by atoms with Crippen LogP contribution in [0.15, 0.2) is 84.9 Å². The lowest BCUT2D eigenvalue weighted by atomic mass is 9.80. The highest BCUT2D eigenvalue weighted by Crippen LogP contribution is 2.49. The summed E-state index contributed by atoms with van der Waals surface area (Å²) in [4.78, 5) is 0. The van der Waals surface area contributed by atoms with Gasteiger partial charge in [0.25, 0.3) is 0 Å². The maximum Gasteiger partial charge on any atom is 0.534 e. The molecule has 0 fully saturated rings. The Balaban J connectivity index is 1.36. The van der Waals surface area contributed by atoms with Crippen LogP contribution in [0.1, 0.15) is 39.4 Å². The van der Waals surface area contributed by atoms with Crippen LogP contribution in [0.5, 0.6) is 23.0 Å². The molecule has 0 bridgehead atoms. The molecule has 0 amide bonds. The van der Waals surface area contributed by atoms with E-state index in [0.29, 0.717) is 42.1 Å². The van der Waals surface area contributed by atoms with Crippen LogP contribution in [-0.4, -0.2) is 39.2 Å². The maximum absolute atomic E-state index is 12.9. The van der Waals surface area contributed by atoms with Crippen molar-refractivity contribution < 1.29 is 44.5 Å². The summed E-state index contributed by atoms with van der Waals surface area (Å²) < 4.78 is 84.3. The average Bonchev–Trinajstić information content (AvgIpc) is 3.03. The fourth-order valence-corrected chi connectivity index (χ4v) is 7.04. The molecule has 0 saturated heterocycles. The van der Waals surface area contributed by atoms with Gasteiger partial charge in [-0.05, 0) is 53.6 Å². The van der Waals surface area contributed by atoms with Crippen molar-refractivity contribution in [2.45, 2.75) is 44.1 Å². The molecule has 2 heterocycles. The molecule has 2 aliphatic rings. The lowest BCUT2D eigenvalue weighted by Gasteiger charge is -2.51. The molecule has 0 unspecified atom stereocenters. The highest BCUT2D eigenvalue weighted by Gasteiger charge is 2.49. The van der Waals surface area contributed by atoms with E-state index in [1.54, 1.807) is 26.4 Å². The highest BCUT2D eigenvalue weighted by molar-refractivity contribution is 7.88. The van der Waals surface area contributed by atoms with Crippen molar-refractivity contribution in [3.63, 3.8) is 0 Å². The van der Waals surface area contributed by atoms with Crippen LogP contribution in [-0.2, 0) is 42.7 Å². The SMILES string of the molecule is COc1cc2c(cc1OC)[C@@H]1Cc3c(cccc3OCc3ccccc3)C[N@+]1(Cc1ccc(OS(=O)(=O)C(F)(F)F)cc1)CC2. The Labute approximate surface area is 260 Å². The van der Waals surface area contributed by atoms with Crippen molar-refractivity contribution in [3.8, 4) is 23.0 Å². The molecule has 0 aliphatic carbocycles. The molecule has 2 atom stereocenters. The van der Waals surface area contributed by atoms with E-state index >= 15 is 0 Å². The van der Waals surface area contributed by atoms with Crippen molar-refractivity contribution in [1.82, 2.24) is 0 Å². The highest BCUT2D eigenvalue weighted by atomic mass is 32.2. The lowest BCUT2D eigenvalue weighted by Crippen LogP contribution is -2.55. The normalized spacial score (nSPS) is 19.1. The number of benzene rings is 4. The minimum Gasteiger partial charge on any atom is -0.493 e. The molecule has 0 radical (unpaired) electrons. The molecular weight excluding hydrogens is 607 g/mol. The first-order valence-electron chi connectivity index (χ1n) is 14.5. The van der Waals surface area contributed by atoms with Crippen molar-refractivity contribution >= 4 is 10.1 Å². The Kier molecular flexibility index (Phi) is 8.17. The third kappa shape index (κ3) is 6.06. The smallest absolute Gasteiger partial charge is 0.493 e. The zero-order valence-electron chi connectivity index (χ0n) is 24.8. The Morgan fingerprint density at radius 2 is 1.53 bits per heavy atom. The van der Waals surface area contributed by atoms with E-state index in [1.807, 2.05) is 48.5 Å². The third-order valence-electron chi connectivity index (χ3n) is 8.75. The van der Waals surface area contributed by atoms with E-state index in [9.17, 15) is 21.6 Å². The van der Waals surface area contributed by atoms with Crippen LogP contribution in [0.25, 0.3) is 0 Å². The monoisotopic (exact) mass is 640 g/mol. The second-order valence-electron chi connectivity index (χ2n) is 11.4. The second kappa shape index (κ2) is 11.9. The molecule has 45 heavy (non-hydrogen) atoms. The molecule has 2 aliphatic heterocycles. The van der Waals surface area contributed by atoms with Crippen LogP contribution in [0, 0.1) is 0 Å². The number of methoxy groups -OCH3 is 2. The first kappa shape index (κ1) is 30.8. The molecule has 0 N–H and O–H groups in total. The van der Waals surface area contributed by atoms with Crippen LogP contribution < -0.4 is 18.4 Å². The van der Waals surface area contributed by atoms with Gasteiger partial charge >= 0.3 is 15.6 Å². The number of rotatable bonds is 9. The summed E-state index contributed by atoms with van der Waals surface area (Å²) in [5.41, 5.74) is 1.07. The summed E-state index contributed by atoms with van der Waals surface area (Å²) in [7, 11) is -2.52. The number of nitrogens with zero attached hydrogens (tertiary/aromatic N) is 1. The Hall–Kier alpha value is -4.22. The van der Waals surface area contributed by atoms with Gasteiger partial charge in [0.2, 0.25) is 0 Å². The topological polar surface area (TPSA) is 71.1 Å². The van der Waals surface area contributed by atoms with Crippen molar-refractivity contribution in [1.29, 1.82) is 0 Å². The molecule has 0 aromatic heterocycles. The fourth-order valence-electron chi connectivity index (χ4n) is 6.58. The summed E-state index contributed by atoms with van der Waals surface area (Å²) in [6, 6.07) is 26.1. The van der Waals surface area contributed by atoms with Crippen molar-refractivity contribution in [2.24, 2.45) is 0 Å². The number of hydrogen-bond acceptors (Lipinski definition) is 6. The Morgan fingerprint density at radius 1 is 0.822 bits per heavy atom. The van der Waals surface area contributed by atoms with Gasteiger partial charge in [0.15, 0.2) is 11.5 Å². The number of hydrogen-bond donors (Lipinski definition) is 0. The quantitative estimate of drug-likeness (QED) is 0.113. The van der Waals surface area contributed by atoms with Gasteiger partial charge in [0.1, 0.15) is 37.2 Å². The van der Waals surface area contributed by atoms with Gasteiger partial charge < -0.3 is 22.9 Å². The van der Waals surface area contributed by atoms with E-state index < -0.39 is 21.4 Å². The molecule has 0 saturated carbocycles. The molecule has 11 heteroatoms. The summed E-state index contributed by atoms with van der Waals surface area (Å²) in [5.74, 6) is 1.76. The van der Waals surface area contributed by atoms with E-state index in [4.69, 9.17) is 14.2 Å². The predicted octanol–water partition coefficient (Wildman–Crippen LogP) is 6.88. The Bertz CT molecular complexity index is 1800. The van der Waals surface area contributed by atoms with Crippen molar-refractivity contribution in [2.75, 3.05) is 20.8 Å². The van der Waals surface area contributed by atoms with Crippen LogP contribution in [0.4, 0.5) is 13.2 Å². The molecule has 6 rings (SSSR count). The van der Waals surface area contributed by atoms with E-state index in [-0.39, 0.29) is 6.04 Å². The van der Waals surface area contributed by atoms with Gasteiger partial charge in [0, 0.05) is 35.1 Å². The number of quaternary nitrogens is 1. The van der Waals surface area contributed by atoms with Crippen LogP contribution >= 0.6 is 0 Å². The summed E-state index contributed by atoms with van der Waals surface area (Å²) in [5, 5.41) is 0. The zero-order valence-corrected chi connectivity index (χ0v) is 25.7. The minimum absolute atomic E-state index is 0.0177. The number of fused-ring (bicyclic) bond motifs is 4. The van der Waals surface area contributed by atoms with Gasteiger partial charge in [-0.3, -0.25) is 0 Å². The summed E-state index contributed by atoms with van der Waals surface area (Å²) in [6.45, 7) is 2.53. The fraction of sp³-hybridized carbons (Fsp3) is 0.294. The minimum atomic E-state index is -5.76. The van der Waals surface area contributed by atoms with Gasteiger partial charge in [-0.2, -0.15) is 21.6 Å². The molecule has 4 aromatic rings.